The number of benzene rings is 1. The molecule has 0 aromatic heterocycles. The summed E-state index contributed by atoms with van der Waals surface area (Å²) in [7, 11) is 0. The van der Waals surface area contributed by atoms with E-state index in [0.29, 0.717) is 6.42 Å². The zero-order valence-corrected chi connectivity index (χ0v) is 12.3. The van der Waals surface area contributed by atoms with Crippen molar-refractivity contribution in [1.82, 2.24) is 5.32 Å². The van der Waals surface area contributed by atoms with Gasteiger partial charge < -0.3 is 11.1 Å². The average Bonchev–Trinajstić information content (AvgIpc) is 2.32. The number of hydrogen-bond donors (Lipinski definition) is 2. The number of primary amides is 1. The molecule has 5 heteroatoms. The summed E-state index contributed by atoms with van der Waals surface area (Å²) in [5, 5.41) is 3.88. The highest BCUT2D eigenvalue weighted by atomic mass is 35.5. The zero-order chi connectivity index (χ0) is 13.6. The zero-order valence-electron chi connectivity index (χ0n) is 10.7. The fourth-order valence-corrected chi connectivity index (χ4v) is 3.03. The van der Waals surface area contributed by atoms with Crippen LogP contribution in [0.5, 0.6) is 0 Å². The molecule has 100 valence electrons. The van der Waals surface area contributed by atoms with E-state index in [1.807, 2.05) is 38.1 Å². The van der Waals surface area contributed by atoms with E-state index in [1.54, 1.807) is 11.8 Å². The number of likely N-dealkylation sites (N-methyl/N-ethyl adjacent to an activating group) is 1. The standard InChI is InChI=1S/C13H19ClN2OS/c1-3-16-13(2,12(15)17)8-9-18-11-7-5-4-6-10(11)14/h4-7,16H,3,8-9H2,1-2H3,(H2,15,17). The van der Waals surface area contributed by atoms with Crippen LogP contribution in [0.15, 0.2) is 29.2 Å². The number of hydrogen-bond acceptors (Lipinski definition) is 3. The number of rotatable bonds is 7. The Morgan fingerprint density at radius 1 is 1.50 bits per heavy atom. The highest BCUT2D eigenvalue weighted by Gasteiger charge is 2.29. The van der Waals surface area contributed by atoms with E-state index in [0.717, 1.165) is 22.2 Å². The van der Waals surface area contributed by atoms with Gasteiger partial charge in [0.1, 0.15) is 0 Å². The van der Waals surface area contributed by atoms with Gasteiger partial charge in [-0.15, -0.1) is 11.8 Å². The van der Waals surface area contributed by atoms with E-state index in [4.69, 9.17) is 17.3 Å². The molecule has 0 bridgehead atoms. The monoisotopic (exact) mass is 286 g/mol. The van der Waals surface area contributed by atoms with Gasteiger partial charge in [0.15, 0.2) is 0 Å². The van der Waals surface area contributed by atoms with Crippen LogP contribution < -0.4 is 11.1 Å². The number of thioether (sulfide) groups is 1. The maximum Gasteiger partial charge on any atom is 0.237 e. The second-order valence-electron chi connectivity index (χ2n) is 4.26. The Labute approximate surface area is 117 Å². The first-order chi connectivity index (χ1) is 8.49. The van der Waals surface area contributed by atoms with Crippen LogP contribution in [0.25, 0.3) is 0 Å². The van der Waals surface area contributed by atoms with Crippen molar-refractivity contribution in [2.45, 2.75) is 30.7 Å². The number of halogens is 1. The largest absolute Gasteiger partial charge is 0.368 e. The molecule has 1 aromatic carbocycles. The van der Waals surface area contributed by atoms with Crippen molar-refractivity contribution in [3.05, 3.63) is 29.3 Å². The summed E-state index contributed by atoms with van der Waals surface area (Å²) in [5.74, 6) is 0.472. The predicted molar refractivity (Wildman–Crippen MR) is 78.1 cm³/mol. The quantitative estimate of drug-likeness (QED) is 0.758. The maximum absolute atomic E-state index is 11.4. The molecule has 1 aromatic rings. The second kappa shape index (κ2) is 7.02. The number of carbonyl (C=O) groups is 1. The van der Waals surface area contributed by atoms with E-state index >= 15 is 0 Å². The summed E-state index contributed by atoms with van der Waals surface area (Å²) in [6, 6.07) is 7.69. The molecule has 0 aliphatic heterocycles. The van der Waals surface area contributed by atoms with Crippen LogP contribution >= 0.6 is 23.4 Å². The Morgan fingerprint density at radius 3 is 2.72 bits per heavy atom. The molecule has 1 amide bonds. The SMILES string of the molecule is CCNC(C)(CCSc1ccccc1Cl)C(N)=O. The normalized spacial score (nSPS) is 14.2. The fraction of sp³-hybridized carbons (Fsp3) is 0.462. The van der Waals surface area contributed by atoms with Gasteiger partial charge in [-0.3, -0.25) is 4.79 Å². The van der Waals surface area contributed by atoms with Crippen molar-refractivity contribution in [1.29, 1.82) is 0 Å². The Balaban J connectivity index is 2.54. The third-order valence-electron chi connectivity index (χ3n) is 2.81. The molecule has 0 heterocycles. The van der Waals surface area contributed by atoms with Crippen LogP contribution in [0.4, 0.5) is 0 Å². The minimum absolute atomic E-state index is 0.316. The highest BCUT2D eigenvalue weighted by molar-refractivity contribution is 7.99. The first-order valence-corrected chi connectivity index (χ1v) is 7.28. The van der Waals surface area contributed by atoms with Crippen LogP contribution in [0.1, 0.15) is 20.3 Å². The topological polar surface area (TPSA) is 55.1 Å². The summed E-state index contributed by atoms with van der Waals surface area (Å²) < 4.78 is 0. The molecule has 0 fully saturated rings. The number of carbonyl (C=O) groups excluding carboxylic acids is 1. The maximum atomic E-state index is 11.4. The molecule has 18 heavy (non-hydrogen) atoms. The van der Waals surface area contributed by atoms with Crippen LogP contribution in [-0.4, -0.2) is 23.7 Å². The van der Waals surface area contributed by atoms with Crippen LogP contribution in [0.2, 0.25) is 5.02 Å². The van der Waals surface area contributed by atoms with Crippen molar-refractivity contribution in [2.24, 2.45) is 5.73 Å². The molecular weight excluding hydrogens is 268 g/mol. The van der Waals surface area contributed by atoms with Gasteiger partial charge in [0.2, 0.25) is 5.91 Å². The number of amides is 1. The van der Waals surface area contributed by atoms with E-state index in [9.17, 15) is 4.79 Å². The number of nitrogens with two attached hydrogens (primary N) is 1. The smallest absolute Gasteiger partial charge is 0.237 e. The molecule has 0 aliphatic rings. The number of nitrogens with one attached hydrogen (secondary N) is 1. The Hall–Kier alpha value is -0.710. The van der Waals surface area contributed by atoms with Gasteiger partial charge in [-0.25, -0.2) is 0 Å². The predicted octanol–water partition coefficient (Wildman–Crippen LogP) is 2.68. The summed E-state index contributed by atoms with van der Waals surface area (Å²) >= 11 is 7.71. The van der Waals surface area contributed by atoms with E-state index in [2.05, 4.69) is 5.32 Å². The lowest BCUT2D eigenvalue weighted by Gasteiger charge is -2.26. The first-order valence-electron chi connectivity index (χ1n) is 5.92. The van der Waals surface area contributed by atoms with Gasteiger partial charge >= 0.3 is 0 Å². The van der Waals surface area contributed by atoms with Crippen LogP contribution in [-0.2, 0) is 4.79 Å². The van der Waals surface area contributed by atoms with Crippen molar-refractivity contribution >= 4 is 29.3 Å². The molecule has 0 aliphatic carbocycles. The molecule has 0 saturated carbocycles. The van der Waals surface area contributed by atoms with Crippen LogP contribution in [0, 0.1) is 0 Å². The lowest BCUT2D eigenvalue weighted by Crippen LogP contribution is -2.53. The van der Waals surface area contributed by atoms with Gasteiger partial charge in [0.05, 0.1) is 10.6 Å². The van der Waals surface area contributed by atoms with Crippen molar-refractivity contribution in [3.8, 4) is 0 Å². The molecule has 1 atom stereocenters. The Kier molecular flexibility index (Phi) is 5.99. The molecule has 0 saturated heterocycles. The lowest BCUT2D eigenvalue weighted by molar-refractivity contribution is -0.123. The van der Waals surface area contributed by atoms with Crippen molar-refractivity contribution in [3.63, 3.8) is 0 Å². The second-order valence-corrected chi connectivity index (χ2v) is 5.80. The molecule has 1 unspecified atom stereocenters. The van der Waals surface area contributed by atoms with E-state index in [-0.39, 0.29) is 5.91 Å². The Bertz CT molecular complexity index is 414. The third-order valence-corrected chi connectivity index (χ3v) is 4.32. The highest BCUT2D eigenvalue weighted by Crippen LogP contribution is 2.28. The molecule has 0 radical (unpaired) electrons. The summed E-state index contributed by atoms with van der Waals surface area (Å²) in [5.41, 5.74) is 4.78. The van der Waals surface area contributed by atoms with E-state index in [1.165, 1.54) is 0 Å². The molecule has 3 nitrogen and oxygen atoms in total. The Morgan fingerprint density at radius 2 is 2.17 bits per heavy atom. The van der Waals surface area contributed by atoms with Crippen LogP contribution in [0.3, 0.4) is 0 Å². The average molecular weight is 287 g/mol. The summed E-state index contributed by atoms with van der Waals surface area (Å²) in [6.07, 6.45) is 0.673. The first kappa shape index (κ1) is 15.3. The minimum atomic E-state index is -0.650. The molecular formula is C13H19ClN2OS. The minimum Gasteiger partial charge on any atom is -0.368 e. The van der Waals surface area contributed by atoms with Gasteiger partial charge in [-0.05, 0) is 32.0 Å². The molecule has 0 spiro atoms. The lowest BCUT2D eigenvalue weighted by atomic mass is 9.98. The van der Waals surface area contributed by atoms with Crippen molar-refractivity contribution in [2.75, 3.05) is 12.3 Å². The van der Waals surface area contributed by atoms with Gasteiger partial charge in [-0.2, -0.15) is 0 Å². The molecule has 1 rings (SSSR count). The molecule has 3 N–H and O–H groups in total. The van der Waals surface area contributed by atoms with E-state index < -0.39 is 5.54 Å². The van der Waals surface area contributed by atoms with Gasteiger partial charge in [-0.1, -0.05) is 30.7 Å². The van der Waals surface area contributed by atoms with Gasteiger partial charge in [0, 0.05) is 10.6 Å². The fourth-order valence-electron chi connectivity index (χ4n) is 1.62. The van der Waals surface area contributed by atoms with Gasteiger partial charge in [0.25, 0.3) is 0 Å². The summed E-state index contributed by atoms with van der Waals surface area (Å²) in [4.78, 5) is 12.5. The third kappa shape index (κ3) is 4.19. The van der Waals surface area contributed by atoms with Crippen molar-refractivity contribution < 1.29 is 4.79 Å². The summed E-state index contributed by atoms with van der Waals surface area (Å²) in [6.45, 7) is 4.52.